The Morgan fingerprint density at radius 3 is 2.94 bits per heavy atom. The Hall–Kier alpha value is -1.40. The molecule has 3 N–H and O–H groups in total. The fourth-order valence-electron chi connectivity index (χ4n) is 2.35. The van der Waals surface area contributed by atoms with E-state index < -0.39 is 11.6 Å². The lowest BCUT2D eigenvalue weighted by atomic mass is 9.94. The van der Waals surface area contributed by atoms with Gasteiger partial charge < -0.3 is 15.7 Å². The minimum atomic E-state index is -0.803. The highest BCUT2D eigenvalue weighted by atomic mass is 16.3. The van der Waals surface area contributed by atoms with Crippen LogP contribution in [0.25, 0.3) is 0 Å². The van der Waals surface area contributed by atoms with Gasteiger partial charge in [0, 0.05) is 31.9 Å². The van der Waals surface area contributed by atoms with Gasteiger partial charge in [-0.1, -0.05) is 0 Å². The van der Waals surface area contributed by atoms with Gasteiger partial charge in [-0.2, -0.15) is 5.10 Å². The van der Waals surface area contributed by atoms with E-state index >= 15 is 0 Å². The van der Waals surface area contributed by atoms with Crippen LogP contribution in [0.4, 0.5) is 0 Å². The Balaban J connectivity index is 2.07. The molecule has 2 rings (SSSR count). The molecule has 1 fully saturated rings. The Morgan fingerprint density at radius 1 is 1.67 bits per heavy atom. The minimum Gasteiger partial charge on any atom is -0.388 e. The van der Waals surface area contributed by atoms with Crippen molar-refractivity contribution in [2.24, 2.45) is 12.8 Å². The number of likely N-dealkylation sites (tertiary alicyclic amines) is 1. The van der Waals surface area contributed by atoms with Gasteiger partial charge in [-0.25, -0.2) is 0 Å². The lowest BCUT2D eigenvalue weighted by Crippen LogP contribution is -2.50. The van der Waals surface area contributed by atoms with E-state index in [1.165, 1.54) is 0 Å². The molecule has 18 heavy (non-hydrogen) atoms. The molecule has 1 saturated heterocycles. The van der Waals surface area contributed by atoms with Crippen LogP contribution in [0, 0.1) is 0 Å². The van der Waals surface area contributed by atoms with Crippen LogP contribution in [-0.2, 0) is 11.8 Å². The Morgan fingerprint density at radius 2 is 2.39 bits per heavy atom. The van der Waals surface area contributed by atoms with Crippen LogP contribution < -0.4 is 5.73 Å². The highest BCUT2D eigenvalue weighted by Gasteiger charge is 2.33. The molecule has 0 aromatic carbocycles. The van der Waals surface area contributed by atoms with E-state index in [9.17, 15) is 9.90 Å². The molecule has 0 radical (unpaired) electrons. The molecule has 2 unspecified atom stereocenters. The molecule has 6 nitrogen and oxygen atoms in total. The number of rotatable bonds is 2. The first kappa shape index (κ1) is 13.0. The van der Waals surface area contributed by atoms with Crippen LogP contribution in [0.3, 0.4) is 0 Å². The third kappa shape index (κ3) is 2.70. The first-order chi connectivity index (χ1) is 8.39. The van der Waals surface area contributed by atoms with Crippen LogP contribution in [0.2, 0.25) is 0 Å². The molecule has 1 aliphatic rings. The van der Waals surface area contributed by atoms with Gasteiger partial charge in [0.2, 0.25) is 5.91 Å². The lowest BCUT2D eigenvalue weighted by molar-refractivity contribution is -0.139. The fourth-order valence-corrected chi connectivity index (χ4v) is 2.35. The Labute approximate surface area is 106 Å². The summed E-state index contributed by atoms with van der Waals surface area (Å²) in [6, 6.07) is -0.701. The summed E-state index contributed by atoms with van der Waals surface area (Å²) >= 11 is 0. The van der Waals surface area contributed by atoms with Gasteiger partial charge in [0.25, 0.3) is 0 Å². The normalized spacial score (nSPS) is 26.1. The molecule has 1 amide bonds. The molecule has 1 aromatic rings. The van der Waals surface area contributed by atoms with E-state index in [4.69, 9.17) is 5.73 Å². The molecule has 100 valence electrons. The summed E-state index contributed by atoms with van der Waals surface area (Å²) in [5.74, 6) is -0.150. The van der Waals surface area contributed by atoms with Crippen molar-refractivity contribution in [2.45, 2.75) is 31.4 Å². The van der Waals surface area contributed by atoms with Crippen LogP contribution in [0.1, 0.15) is 31.4 Å². The first-order valence-electron chi connectivity index (χ1n) is 6.14. The number of hydrogen-bond donors (Lipinski definition) is 2. The third-order valence-electron chi connectivity index (χ3n) is 3.34. The highest BCUT2D eigenvalue weighted by Crippen LogP contribution is 2.22. The summed E-state index contributed by atoms with van der Waals surface area (Å²) < 4.78 is 1.62. The monoisotopic (exact) mass is 252 g/mol. The summed E-state index contributed by atoms with van der Waals surface area (Å²) in [6.07, 6.45) is 4.87. The predicted molar refractivity (Wildman–Crippen MR) is 66.6 cm³/mol. The molecule has 0 spiro atoms. The maximum Gasteiger partial charge on any atom is 0.244 e. The zero-order chi connectivity index (χ0) is 13.3. The summed E-state index contributed by atoms with van der Waals surface area (Å²) in [5.41, 5.74) is 5.84. The SMILES string of the molecule is Cn1cc(C(N)C(=O)N2CCCC(C)(O)C2)cn1. The van der Waals surface area contributed by atoms with E-state index in [0.29, 0.717) is 18.7 Å². The number of β-amino-alcohol motifs (C(OH)–C–C–N with tert-alkyl or cyclic N) is 1. The van der Waals surface area contributed by atoms with Crippen LogP contribution in [0.5, 0.6) is 0 Å². The van der Waals surface area contributed by atoms with Gasteiger partial charge in [0.05, 0.1) is 11.8 Å². The van der Waals surface area contributed by atoms with Gasteiger partial charge in [-0.15, -0.1) is 0 Å². The summed E-state index contributed by atoms with van der Waals surface area (Å²) in [7, 11) is 1.78. The van der Waals surface area contributed by atoms with Crippen molar-refractivity contribution in [3.8, 4) is 0 Å². The molecule has 0 saturated carbocycles. The number of aliphatic hydroxyl groups is 1. The first-order valence-corrected chi connectivity index (χ1v) is 6.14. The zero-order valence-corrected chi connectivity index (χ0v) is 10.8. The average Bonchev–Trinajstić information content (AvgIpc) is 2.72. The second kappa shape index (κ2) is 4.70. The van der Waals surface area contributed by atoms with Gasteiger partial charge in [0.1, 0.15) is 6.04 Å². The van der Waals surface area contributed by atoms with Gasteiger partial charge in [0.15, 0.2) is 0 Å². The zero-order valence-electron chi connectivity index (χ0n) is 10.8. The molecular formula is C12H20N4O2. The number of carbonyl (C=O) groups is 1. The van der Waals surface area contributed by atoms with Crippen LogP contribution in [0.15, 0.2) is 12.4 Å². The molecule has 1 aliphatic heterocycles. The topological polar surface area (TPSA) is 84.4 Å². The van der Waals surface area contributed by atoms with E-state index in [-0.39, 0.29) is 5.91 Å². The Kier molecular flexibility index (Phi) is 3.41. The van der Waals surface area contributed by atoms with E-state index in [2.05, 4.69) is 5.10 Å². The lowest BCUT2D eigenvalue weighted by Gasteiger charge is -2.37. The number of carbonyl (C=O) groups excluding carboxylic acids is 1. The van der Waals surface area contributed by atoms with Crippen LogP contribution >= 0.6 is 0 Å². The fraction of sp³-hybridized carbons (Fsp3) is 0.667. The average molecular weight is 252 g/mol. The van der Waals surface area contributed by atoms with Crippen molar-refractivity contribution in [3.63, 3.8) is 0 Å². The number of piperidine rings is 1. The van der Waals surface area contributed by atoms with Crippen molar-refractivity contribution < 1.29 is 9.90 Å². The Bertz CT molecular complexity index is 441. The maximum absolute atomic E-state index is 12.2. The molecule has 6 heteroatoms. The number of hydrogen-bond acceptors (Lipinski definition) is 4. The van der Waals surface area contributed by atoms with Crippen molar-refractivity contribution >= 4 is 5.91 Å². The molecule has 2 atom stereocenters. The van der Waals surface area contributed by atoms with Crippen LogP contribution in [-0.4, -0.2) is 44.4 Å². The van der Waals surface area contributed by atoms with Crippen molar-refractivity contribution in [1.82, 2.24) is 14.7 Å². The predicted octanol–water partition coefficient (Wildman–Crippen LogP) is -0.207. The summed E-state index contributed by atoms with van der Waals surface area (Å²) in [6.45, 7) is 2.75. The third-order valence-corrected chi connectivity index (χ3v) is 3.34. The smallest absolute Gasteiger partial charge is 0.244 e. The second-order valence-corrected chi connectivity index (χ2v) is 5.29. The minimum absolute atomic E-state index is 0.150. The van der Waals surface area contributed by atoms with Gasteiger partial charge >= 0.3 is 0 Å². The maximum atomic E-state index is 12.2. The largest absolute Gasteiger partial charge is 0.388 e. The number of nitrogens with zero attached hydrogens (tertiary/aromatic N) is 3. The van der Waals surface area contributed by atoms with Gasteiger partial charge in [-0.3, -0.25) is 9.48 Å². The summed E-state index contributed by atoms with van der Waals surface area (Å²) in [5, 5.41) is 14.0. The number of nitrogens with two attached hydrogens (primary N) is 1. The van der Waals surface area contributed by atoms with E-state index in [1.807, 2.05) is 0 Å². The highest BCUT2D eigenvalue weighted by molar-refractivity contribution is 5.83. The van der Waals surface area contributed by atoms with Crippen molar-refractivity contribution in [3.05, 3.63) is 18.0 Å². The number of amides is 1. The molecule has 1 aromatic heterocycles. The quantitative estimate of drug-likeness (QED) is 0.763. The van der Waals surface area contributed by atoms with E-state index in [0.717, 1.165) is 12.8 Å². The second-order valence-electron chi connectivity index (χ2n) is 5.29. The molecule has 0 bridgehead atoms. The number of aromatic nitrogens is 2. The molecule has 2 heterocycles. The molecule has 0 aliphatic carbocycles. The van der Waals surface area contributed by atoms with Gasteiger partial charge in [-0.05, 0) is 19.8 Å². The molecular weight excluding hydrogens is 232 g/mol. The van der Waals surface area contributed by atoms with Crippen molar-refractivity contribution in [2.75, 3.05) is 13.1 Å². The number of aryl methyl sites for hydroxylation is 1. The van der Waals surface area contributed by atoms with E-state index in [1.54, 1.807) is 35.9 Å². The standard InChI is InChI=1S/C12H20N4O2/c1-12(18)4-3-5-16(8-12)11(17)10(13)9-6-14-15(2)7-9/h6-7,10,18H,3-5,8,13H2,1-2H3. The summed E-state index contributed by atoms with van der Waals surface area (Å²) in [4.78, 5) is 13.9. The van der Waals surface area contributed by atoms with Crippen molar-refractivity contribution in [1.29, 1.82) is 0 Å².